The Morgan fingerprint density at radius 1 is 0.546 bits per heavy atom. The van der Waals surface area contributed by atoms with Crippen LogP contribution < -0.4 is 82.6 Å². The third-order valence-electron chi connectivity index (χ3n) is 23.1. The molecule has 0 aliphatic carbocycles. The van der Waals surface area contributed by atoms with Gasteiger partial charge in [-0.05, 0) is 152 Å². The number of benzene rings is 7. The molecule has 2 saturated heterocycles. The van der Waals surface area contributed by atoms with Crippen LogP contribution in [-0.2, 0) is 63.8 Å². The molecule has 0 aromatic heterocycles. The lowest BCUT2D eigenvalue weighted by molar-refractivity contribution is -0.277. The van der Waals surface area contributed by atoms with Gasteiger partial charge in [0, 0.05) is 48.2 Å². The lowest BCUT2D eigenvalue weighted by Gasteiger charge is -2.41. The second-order valence-corrected chi connectivity index (χ2v) is 32.9. The average molecular weight is 1850 g/mol. The van der Waals surface area contributed by atoms with E-state index in [1.165, 1.54) is 55.6 Å². The van der Waals surface area contributed by atoms with Crippen LogP contribution in [0.2, 0.25) is 10.0 Å². The number of ether oxygens (including phenoxy) is 8. The molecule has 18 atom stereocenters. The maximum atomic E-state index is 16.9. The van der Waals surface area contributed by atoms with Crippen molar-refractivity contribution in [3.63, 3.8) is 0 Å². The average Bonchev–Trinajstić information content (AvgIpc) is 0.757. The SMILES string of the molecule is CCCCCCCCCCC(=O)N[C@H]1[C@H](Oc2c3cc4cc2Oc2ccc(cc2Cl)[C@@H](O)[C@@H]2NC(=O)[C@H](NC(=O)[C@@H]4NC(=O)[C@H]4NC(=O)[C@@H](Cc5ccc(cc5)O3)NC(=O)[C@H](NC)c3ccc(O)c(c3)Oc3cc(O)c(Cl)c4c3)c3ccc(O)c(c3)-c3c(O[C@H]4O[C@H](CO)[C@@H](O)[C@H](O)[C@@H]4O)cc(O)cc3[C@H](C(=O)NCCCNCCCN)NC2=O)O[C@H](C(=O)OC)[C@@H](O)[C@@H]1O. The smallest absolute Gasteiger partial charge is 0.337 e. The second kappa shape index (κ2) is 42.8. The second-order valence-electron chi connectivity index (χ2n) is 32.1. The van der Waals surface area contributed by atoms with Crippen LogP contribution in [0.5, 0.6) is 69.0 Å². The Labute approximate surface area is 753 Å². The van der Waals surface area contributed by atoms with Crippen molar-refractivity contribution in [2.45, 2.75) is 194 Å². The number of phenolic OH excluding ortho intramolecular Hbond substituents is 4. The molecule has 41 heteroatoms. The van der Waals surface area contributed by atoms with E-state index < -0.39 is 271 Å². The normalized spacial score (nSPS) is 25.5. The molecule has 39 nitrogen and oxygen atoms in total. The van der Waals surface area contributed by atoms with Crippen molar-refractivity contribution < 1.29 is 137 Å². The third-order valence-corrected chi connectivity index (χ3v) is 23.8. The summed E-state index contributed by atoms with van der Waals surface area (Å²) >= 11 is 14.4. The number of amides is 8. The predicted octanol–water partition coefficient (Wildman–Crippen LogP) is 3.39. The van der Waals surface area contributed by atoms with E-state index in [2.05, 4.69) is 60.1 Å². The van der Waals surface area contributed by atoms with E-state index in [-0.39, 0.29) is 47.8 Å². The van der Waals surface area contributed by atoms with Crippen molar-refractivity contribution in [1.29, 1.82) is 0 Å². The van der Waals surface area contributed by atoms with E-state index in [0.29, 0.717) is 44.5 Å². The summed E-state index contributed by atoms with van der Waals surface area (Å²) in [5.74, 6) is -17.2. The maximum absolute atomic E-state index is 16.9. The number of nitrogens with two attached hydrogens (primary N) is 1. The lowest BCUT2D eigenvalue weighted by atomic mass is 9.89. The van der Waals surface area contributed by atoms with Gasteiger partial charge in [-0.3, -0.25) is 38.4 Å². The van der Waals surface area contributed by atoms with Gasteiger partial charge in [-0.2, -0.15) is 0 Å². The molecule has 0 radical (unpaired) electrons. The number of nitrogens with one attached hydrogen (secondary N) is 10. The number of aliphatic hydroxyl groups excluding tert-OH is 7. The summed E-state index contributed by atoms with van der Waals surface area (Å²) in [7, 11) is 2.40. The number of rotatable bonds is 25. The van der Waals surface area contributed by atoms with E-state index in [1.54, 1.807) is 0 Å². The van der Waals surface area contributed by atoms with Gasteiger partial charge >= 0.3 is 5.97 Å². The third kappa shape index (κ3) is 21.7. The van der Waals surface area contributed by atoms with Gasteiger partial charge < -0.3 is 153 Å². The van der Waals surface area contributed by atoms with Crippen LogP contribution >= 0.6 is 23.2 Å². The summed E-state index contributed by atoms with van der Waals surface area (Å²) in [5.41, 5.74) is 3.08. The zero-order valence-corrected chi connectivity index (χ0v) is 72.1. The molecule has 7 aromatic carbocycles. The number of likely N-dealkylation sites (N-methyl/N-ethyl adjacent to an activating group) is 1. The van der Waals surface area contributed by atoms with Gasteiger partial charge in [0.2, 0.25) is 65.6 Å². The molecule has 8 amide bonds. The first kappa shape index (κ1) is 95.6. The molecule has 23 N–H and O–H groups in total. The van der Waals surface area contributed by atoms with Crippen LogP contribution in [0.4, 0.5) is 0 Å². The van der Waals surface area contributed by atoms with Gasteiger partial charge in [0.05, 0.1) is 23.8 Å². The predicted molar refractivity (Wildman–Crippen MR) is 460 cm³/mol. The Morgan fingerprint density at radius 2 is 1.20 bits per heavy atom. The number of phenols is 4. The van der Waals surface area contributed by atoms with Gasteiger partial charge in [-0.15, -0.1) is 0 Å². The molecule has 15 rings (SSSR count). The van der Waals surface area contributed by atoms with Crippen LogP contribution in [0.3, 0.4) is 0 Å². The highest BCUT2D eigenvalue weighted by Crippen LogP contribution is 2.51. The first-order chi connectivity index (χ1) is 62.4. The number of carbonyl (C=O) groups is 9. The monoisotopic (exact) mass is 1840 g/mol. The molecule has 8 aliphatic rings. The van der Waals surface area contributed by atoms with Crippen molar-refractivity contribution >= 4 is 76.4 Å². The van der Waals surface area contributed by atoms with Crippen LogP contribution in [0.1, 0.15) is 153 Å². The number of hydrogen-bond acceptors (Lipinski definition) is 31. The summed E-state index contributed by atoms with van der Waals surface area (Å²) in [5, 5.41) is 154. The van der Waals surface area contributed by atoms with E-state index in [9.17, 15) is 70.6 Å². The standard InChI is InChI=1S/C89H103Cl2N11O28/c1-4-5-6-7-8-9-10-11-14-62(108)97-71-74(111)76(113)79(87(122)123-3)130-88(71)129-78-59-33-44-34-60(78)126-56-24-19-43(31-51(56)90)72(109)70-86(121)101-68(81(116)95-28-13-27-94-26-12-25-92)49-35-45(104)36-58(127-89-77(114)75(112)73(110)61(39-103)128-89)63(49)48-30-41(17-22-53(48)105)66(83(118)102-70)98-84(119)67(44)99-85(120)69-50-37-47(38-55(107)64(50)91)125-57-32-42(18-23-54(57)106)65(93-2)82(117)96-52(80(115)100-69)29-40-15-20-46(124-59)21-16-40/h15-24,30-38,52,61,65-77,79,88-89,93-94,103-107,109-114H,4-14,25-29,39,92H2,1-3H3,(H,95,116)(H,96,117)(H,97,108)(H,98,119)(H,99,120)(H,100,115)(H,101,121)(H,102,118)/t52-,61-,65-,66-,67-,68-,69+,70+,71-,72-,73-,74-,75+,76+,77+,79+,88-,89+/m1/s1. The molecule has 8 aliphatic heterocycles. The summed E-state index contributed by atoms with van der Waals surface area (Å²) in [6.45, 7) is 2.21. The highest BCUT2D eigenvalue weighted by molar-refractivity contribution is 6.33. The maximum Gasteiger partial charge on any atom is 0.337 e. The molecule has 696 valence electrons. The van der Waals surface area contributed by atoms with E-state index in [0.717, 1.165) is 112 Å². The number of halogens is 2. The summed E-state index contributed by atoms with van der Waals surface area (Å²) in [4.78, 5) is 139. The fourth-order valence-corrected chi connectivity index (χ4v) is 16.5. The number of aliphatic hydroxyl groups is 7. The first-order valence-electron chi connectivity index (χ1n) is 42.4. The van der Waals surface area contributed by atoms with Crippen LogP contribution in [-0.4, -0.2) is 230 Å². The largest absolute Gasteiger partial charge is 0.508 e. The Balaban J connectivity index is 1.04. The van der Waals surface area contributed by atoms with Gasteiger partial charge in [-0.25, -0.2) is 4.79 Å². The molecule has 0 unspecified atom stereocenters. The van der Waals surface area contributed by atoms with Crippen LogP contribution in [0.25, 0.3) is 11.1 Å². The molecule has 7 aromatic rings. The lowest BCUT2D eigenvalue weighted by Crippen LogP contribution is -2.66. The highest BCUT2D eigenvalue weighted by Gasteiger charge is 2.52. The topological polar surface area (TPSA) is 596 Å². The van der Waals surface area contributed by atoms with Crippen molar-refractivity contribution in [1.82, 2.24) is 53.2 Å². The van der Waals surface area contributed by atoms with Crippen molar-refractivity contribution in [3.05, 3.63) is 164 Å². The quantitative estimate of drug-likeness (QED) is 0.0288. The summed E-state index contributed by atoms with van der Waals surface area (Å²) < 4.78 is 50.0. The number of carbonyl (C=O) groups excluding carboxylic acids is 9. The van der Waals surface area contributed by atoms with E-state index in [1.807, 2.05) is 0 Å². The van der Waals surface area contributed by atoms with Crippen LogP contribution in [0, 0.1) is 0 Å². The summed E-state index contributed by atoms with van der Waals surface area (Å²) in [6, 6.07) is 5.97. The fraction of sp³-hybridized carbons (Fsp3) is 0.427. The number of methoxy groups -OCH3 is 1. The number of esters is 1. The minimum Gasteiger partial charge on any atom is -0.508 e. The first-order valence-corrected chi connectivity index (χ1v) is 43.2. The zero-order valence-electron chi connectivity index (χ0n) is 70.6. The Bertz CT molecular complexity index is 5350. The summed E-state index contributed by atoms with van der Waals surface area (Å²) in [6.07, 6.45) is -13.5. The van der Waals surface area contributed by atoms with Gasteiger partial charge in [-0.1, -0.05) is 105 Å². The molecule has 0 saturated carbocycles. The van der Waals surface area contributed by atoms with Crippen molar-refractivity contribution in [2.75, 3.05) is 46.9 Å². The fourth-order valence-electron chi connectivity index (χ4n) is 16.1. The van der Waals surface area contributed by atoms with Gasteiger partial charge in [0.25, 0.3) is 0 Å². The zero-order chi connectivity index (χ0) is 93.1. The molecular formula is C89H103Cl2N11O28. The Hall–Kier alpha value is -11.9. The highest BCUT2D eigenvalue weighted by atomic mass is 35.5. The molecule has 8 heterocycles. The Kier molecular flexibility index (Phi) is 31.5. The number of hydrogen-bond donors (Lipinski definition) is 22. The van der Waals surface area contributed by atoms with Crippen molar-refractivity contribution in [3.8, 4) is 80.1 Å². The van der Waals surface area contributed by atoms with Crippen molar-refractivity contribution in [2.24, 2.45) is 5.73 Å². The van der Waals surface area contributed by atoms with E-state index >= 15 is 28.8 Å². The van der Waals surface area contributed by atoms with Gasteiger partial charge in [0.1, 0.15) is 131 Å². The minimum absolute atomic E-state index is 0.120. The number of fused-ring (bicyclic) bond motifs is 14. The number of unbranched alkanes of at least 4 members (excludes halogenated alkanes) is 7. The molecule has 17 bridgehead atoms. The molecule has 130 heavy (non-hydrogen) atoms. The number of aromatic hydroxyl groups is 4. The molecular weight excluding hydrogens is 1740 g/mol. The van der Waals surface area contributed by atoms with Crippen LogP contribution in [0.15, 0.2) is 115 Å². The molecule has 2 fully saturated rings. The van der Waals surface area contributed by atoms with Gasteiger partial charge in [0.15, 0.2) is 29.1 Å². The van der Waals surface area contributed by atoms with E-state index in [4.69, 9.17) is 66.8 Å². The minimum atomic E-state index is -2.44. The Morgan fingerprint density at radius 3 is 1.91 bits per heavy atom. The molecule has 0 spiro atoms.